The van der Waals surface area contributed by atoms with E-state index in [2.05, 4.69) is 26.1 Å². The molecule has 0 saturated carbocycles. The summed E-state index contributed by atoms with van der Waals surface area (Å²) in [6.45, 7) is 5.22. The number of benzene rings is 1. The molecule has 0 aliphatic carbocycles. The molecule has 0 amide bonds. The SMILES string of the molecule is FC(F)(F)c1cc(Br)ccc1N1CC(N2CCNCC2)C1. The van der Waals surface area contributed by atoms with Crippen LogP contribution in [0.4, 0.5) is 18.9 Å². The van der Waals surface area contributed by atoms with Crippen molar-refractivity contribution in [3.8, 4) is 0 Å². The van der Waals surface area contributed by atoms with Crippen LogP contribution in [-0.2, 0) is 6.18 Å². The lowest BCUT2D eigenvalue weighted by molar-refractivity contribution is -0.137. The lowest BCUT2D eigenvalue weighted by Crippen LogP contribution is -2.63. The quantitative estimate of drug-likeness (QED) is 0.871. The Morgan fingerprint density at radius 1 is 1.14 bits per heavy atom. The van der Waals surface area contributed by atoms with Gasteiger partial charge in [0.05, 0.1) is 5.56 Å². The number of hydrogen-bond acceptors (Lipinski definition) is 3. The summed E-state index contributed by atoms with van der Waals surface area (Å²) in [6, 6.07) is 4.76. The van der Waals surface area contributed by atoms with Gasteiger partial charge < -0.3 is 10.2 Å². The topological polar surface area (TPSA) is 18.5 Å². The van der Waals surface area contributed by atoms with Gasteiger partial charge in [-0.3, -0.25) is 4.90 Å². The minimum absolute atomic E-state index is 0.289. The standard InChI is InChI=1S/C14H17BrF3N3/c15-10-1-2-13(12(7-10)14(16,17)18)21-8-11(9-21)20-5-3-19-4-6-20/h1-2,7,11,19H,3-6,8-9H2. The normalized spacial score (nSPS) is 21.4. The van der Waals surface area contributed by atoms with Crippen LogP contribution in [0.15, 0.2) is 22.7 Å². The first-order chi connectivity index (χ1) is 9.95. The molecule has 21 heavy (non-hydrogen) atoms. The van der Waals surface area contributed by atoms with Crippen LogP contribution in [-0.4, -0.2) is 50.2 Å². The van der Waals surface area contributed by atoms with Crippen LogP contribution < -0.4 is 10.2 Å². The average Bonchev–Trinajstić information content (AvgIpc) is 2.39. The Morgan fingerprint density at radius 3 is 2.43 bits per heavy atom. The molecule has 0 atom stereocenters. The van der Waals surface area contributed by atoms with E-state index in [4.69, 9.17) is 0 Å². The highest BCUT2D eigenvalue weighted by atomic mass is 79.9. The number of halogens is 4. The molecule has 1 aromatic carbocycles. The van der Waals surface area contributed by atoms with Gasteiger partial charge in [0.2, 0.25) is 0 Å². The lowest BCUT2D eigenvalue weighted by Gasteiger charge is -2.48. The van der Waals surface area contributed by atoms with E-state index in [9.17, 15) is 13.2 Å². The van der Waals surface area contributed by atoms with Gasteiger partial charge in [0.25, 0.3) is 0 Å². The number of alkyl halides is 3. The van der Waals surface area contributed by atoms with E-state index < -0.39 is 11.7 Å². The summed E-state index contributed by atoms with van der Waals surface area (Å²) in [5.74, 6) is 0. The summed E-state index contributed by atoms with van der Waals surface area (Å²) in [6.07, 6.45) is -4.32. The first kappa shape index (κ1) is 15.1. The molecule has 0 radical (unpaired) electrons. The highest BCUT2D eigenvalue weighted by Gasteiger charge is 2.39. The zero-order valence-electron chi connectivity index (χ0n) is 11.5. The molecule has 2 aliphatic rings. The summed E-state index contributed by atoms with van der Waals surface area (Å²) < 4.78 is 39.9. The van der Waals surface area contributed by atoms with E-state index in [0.29, 0.717) is 23.6 Å². The van der Waals surface area contributed by atoms with Crippen molar-refractivity contribution in [1.82, 2.24) is 10.2 Å². The van der Waals surface area contributed by atoms with Crippen molar-refractivity contribution in [2.45, 2.75) is 12.2 Å². The van der Waals surface area contributed by atoms with Crippen molar-refractivity contribution in [1.29, 1.82) is 0 Å². The number of anilines is 1. The van der Waals surface area contributed by atoms with E-state index in [0.717, 1.165) is 32.2 Å². The average molecular weight is 364 g/mol. The third-order valence-corrected chi connectivity index (χ3v) is 4.63. The maximum Gasteiger partial charge on any atom is 0.418 e. The van der Waals surface area contributed by atoms with Gasteiger partial charge in [-0.25, -0.2) is 0 Å². The van der Waals surface area contributed by atoms with Crippen molar-refractivity contribution >= 4 is 21.6 Å². The molecular formula is C14H17BrF3N3. The van der Waals surface area contributed by atoms with Gasteiger partial charge in [-0.05, 0) is 18.2 Å². The number of hydrogen-bond donors (Lipinski definition) is 1. The third kappa shape index (κ3) is 3.19. The molecule has 0 unspecified atom stereocenters. The van der Waals surface area contributed by atoms with Crippen LogP contribution >= 0.6 is 15.9 Å². The first-order valence-electron chi connectivity index (χ1n) is 7.01. The summed E-state index contributed by atoms with van der Waals surface area (Å²) in [4.78, 5) is 4.18. The molecule has 2 fully saturated rings. The number of nitrogens with zero attached hydrogens (tertiary/aromatic N) is 2. The van der Waals surface area contributed by atoms with Crippen LogP contribution in [0.2, 0.25) is 0 Å². The minimum Gasteiger partial charge on any atom is -0.368 e. The van der Waals surface area contributed by atoms with Crippen molar-refractivity contribution in [2.24, 2.45) is 0 Å². The van der Waals surface area contributed by atoms with E-state index >= 15 is 0 Å². The molecule has 0 spiro atoms. The van der Waals surface area contributed by atoms with Gasteiger partial charge in [-0.15, -0.1) is 0 Å². The second-order valence-electron chi connectivity index (χ2n) is 5.50. The number of nitrogens with one attached hydrogen (secondary N) is 1. The van der Waals surface area contributed by atoms with Gasteiger partial charge in [-0.1, -0.05) is 15.9 Å². The fourth-order valence-electron chi connectivity index (χ4n) is 2.94. The summed E-state index contributed by atoms with van der Waals surface area (Å²) >= 11 is 3.12. The minimum atomic E-state index is -4.32. The molecule has 2 aliphatic heterocycles. The van der Waals surface area contributed by atoms with Crippen molar-refractivity contribution < 1.29 is 13.2 Å². The second-order valence-corrected chi connectivity index (χ2v) is 6.42. The Labute approximate surface area is 130 Å². The first-order valence-corrected chi connectivity index (χ1v) is 7.81. The monoisotopic (exact) mass is 363 g/mol. The molecule has 0 aromatic heterocycles. The van der Waals surface area contributed by atoms with Gasteiger partial charge in [0, 0.05) is 55.5 Å². The smallest absolute Gasteiger partial charge is 0.368 e. The Morgan fingerprint density at radius 2 is 1.81 bits per heavy atom. The largest absolute Gasteiger partial charge is 0.418 e. The zero-order valence-corrected chi connectivity index (χ0v) is 13.0. The highest BCUT2D eigenvalue weighted by molar-refractivity contribution is 9.10. The van der Waals surface area contributed by atoms with Crippen LogP contribution in [0.5, 0.6) is 0 Å². The fourth-order valence-corrected chi connectivity index (χ4v) is 3.30. The molecule has 2 saturated heterocycles. The van der Waals surface area contributed by atoms with Crippen LogP contribution in [0.1, 0.15) is 5.56 Å². The molecule has 7 heteroatoms. The van der Waals surface area contributed by atoms with Crippen LogP contribution in [0.25, 0.3) is 0 Å². The predicted molar refractivity (Wildman–Crippen MR) is 79.6 cm³/mol. The molecule has 3 nitrogen and oxygen atoms in total. The summed E-state index contributed by atoms with van der Waals surface area (Å²) in [5.41, 5.74) is -0.271. The molecule has 3 rings (SSSR count). The number of rotatable bonds is 2. The van der Waals surface area contributed by atoms with Crippen molar-refractivity contribution in [3.63, 3.8) is 0 Å². The molecule has 0 bridgehead atoms. The van der Waals surface area contributed by atoms with E-state index in [-0.39, 0.29) is 5.69 Å². The Kier molecular flexibility index (Phi) is 4.16. The lowest BCUT2D eigenvalue weighted by atomic mass is 10.0. The van der Waals surface area contributed by atoms with Crippen LogP contribution in [0.3, 0.4) is 0 Å². The molecular weight excluding hydrogens is 347 g/mol. The predicted octanol–water partition coefficient (Wildman–Crippen LogP) is 2.56. The third-order valence-electron chi connectivity index (χ3n) is 4.13. The second kappa shape index (κ2) is 5.78. The van der Waals surface area contributed by atoms with E-state index in [1.807, 2.05) is 4.90 Å². The van der Waals surface area contributed by atoms with Gasteiger partial charge in [-0.2, -0.15) is 13.2 Å². The van der Waals surface area contributed by atoms with Crippen molar-refractivity contribution in [2.75, 3.05) is 44.2 Å². The fraction of sp³-hybridized carbons (Fsp3) is 0.571. The molecule has 1 aromatic rings. The van der Waals surface area contributed by atoms with Gasteiger partial charge in [0.1, 0.15) is 0 Å². The Hall–Kier alpha value is -0.790. The van der Waals surface area contributed by atoms with Gasteiger partial charge in [0.15, 0.2) is 0 Å². The summed E-state index contributed by atoms with van der Waals surface area (Å²) in [7, 11) is 0. The molecule has 2 heterocycles. The van der Waals surface area contributed by atoms with E-state index in [1.54, 1.807) is 12.1 Å². The maximum absolute atomic E-state index is 13.1. The molecule has 1 N–H and O–H groups in total. The van der Waals surface area contributed by atoms with Gasteiger partial charge >= 0.3 is 6.18 Å². The van der Waals surface area contributed by atoms with E-state index in [1.165, 1.54) is 0 Å². The zero-order chi connectivity index (χ0) is 15.0. The molecule has 116 valence electrons. The van der Waals surface area contributed by atoms with Crippen molar-refractivity contribution in [3.05, 3.63) is 28.2 Å². The Bertz CT molecular complexity index is 509. The Balaban J connectivity index is 1.71. The van der Waals surface area contributed by atoms with Crippen LogP contribution in [0, 0.1) is 0 Å². The maximum atomic E-state index is 13.1. The highest BCUT2D eigenvalue weighted by Crippen LogP contribution is 2.40. The summed E-state index contributed by atoms with van der Waals surface area (Å²) in [5, 5.41) is 3.29. The number of piperazine rings is 1.